The smallest absolute Gasteiger partial charge is 0.409 e. The van der Waals surface area contributed by atoms with Gasteiger partial charge in [0.25, 0.3) is 5.91 Å². The minimum absolute atomic E-state index is 0.00105. The summed E-state index contributed by atoms with van der Waals surface area (Å²) in [6.07, 6.45) is 3.62. The third kappa shape index (κ3) is 5.66. The number of likely N-dealkylation sites (tertiary alicyclic amines) is 1. The first-order chi connectivity index (χ1) is 14.1. The van der Waals surface area contributed by atoms with Gasteiger partial charge in [-0.25, -0.2) is 14.8 Å². The maximum atomic E-state index is 12.6. The Bertz CT molecular complexity index is 832. The van der Waals surface area contributed by atoms with Crippen molar-refractivity contribution < 1.29 is 14.3 Å². The van der Waals surface area contributed by atoms with E-state index in [2.05, 4.69) is 27.5 Å². The number of nitrogens with zero attached hydrogens (tertiary/aromatic N) is 3. The number of rotatable bonds is 6. The molecule has 1 aromatic carbocycles. The number of carbonyl (C=O) groups is 2. The van der Waals surface area contributed by atoms with Crippen molar-refractivity contribution in [1.29, 1.82) is 0 Å². The van der Waals surface area contributed by atoms with Gasteiger partial charge in [0.1, 0.15) is 5.69 Å². The summed E-state index contributed by atoms with van der Waals surface area (Å²) >= 11 is 0. The van der Waals surface area contributed by atoms with Crippen molar-refractivity contribution >= 4 is 23.6 Å². The number of ether oxygens (including phenoxy) is 1. The molecule has 2 heterocycles. The van der Waals surface area contributed by atoms with Crippen LogP contribution in [0.25, 0.3) is 0 Å². The Kier molecular flexibility index (Phi) is 6.99. The van der Waals surface area contributed by atoms with Crippen molar-refractivity contribution in [1.82, 2.24) is 20.2 Å². The molecule has 0 radical (unpaired) electrons. The van der Waals surface area contributed by atoms with Crippen LogP contribution >= 0.6 is 0 Å². The van der Waals surface area contributed by atoms with E-state index in [9.17, 15) is 9.59 Å². The van der Waals surface area contributed by atoms with E-state index in [1.54, 1.807) is 24.1 Å². The Labute approximate surface area is 170 Å². The van der Waals surface area contributed by atoms with Gasteiger partial charge in [-0.05, 0) is 49.9 Å². The van der Waals surface area contributed by atoms with E-state index < -0.39 is 0 Å². The number of carbonyl (C=O) groups excluding carboxylic acids is 2. The van der Waals surface area contributed by atoms with E-state index in [-0.39, 0.29) is 18.0 Å². The van der Waals surface area contributed by atoms with Crippen molar-refractivity contribution in [3.8, 4) is 0 Å². The molecule has 8 nitrogen and oxygen atoms in total. The Balaban J connectivity index is 1.55. The predicted molar refractivity (Wildman–Crippen MR) is 110 cm³/mol. The molecule has 2 aromatic rings. The fourth-order valence-electron chi connectivity index (χ4n) is 3.18. The first-order valence-electron chi connectivity index (χ1n) is 10.0. The number of piperidine rings is 1. The highest BCUT2D eigenvalue weighted by Crippen LogP contribution is 2.15. The molecule has 0 aliphatic carbocycles. The van der Waals surface area contributed by atoms with Gasteiger partial charge in [0, 0.05) is 31.0 Å². The average Bonchev–Trinajstić information content (AvgIpc) is 2.75. The fraction of sp³-hybridized carbons (Fsp3) is 0.429. The van der Waals surface area contributed by atoms with Gasteiger partial charge in [0.05, 0.1) is 6.61 Å². The summed E-state index contributed by atoms with van der Waals surface area (Å²) in [5, 5.41) is 6.12. The van der Waals surface area contributed by atoms with Crippen molar-refractivity contribution in [3.63, 3.8) is 0 Å². The van der Waals surface area contributed by atoms with E-state index >= 15 is 0 Å². The number of benzene rings is 1. The molecule has 8 heteroatoms. The Morgan fingerprint density at radius 1 is 1.14 bits per heavy atom. The van der Waals surface area contributed by atoms with E-state index in [1.165, 1.54) is 5.56 Å². The van der Waals surface area contributed by atoms with E-state index in [4.69, 9.17) is 4.74 Å². The summed E-state index contributed by atoms with van der Waals surface area (Å²) in [6.45, 7) is 5.38. The highest BCUT2D eigenvalue weighted by molar-refractivity contribution is 5.92. The minimum Gasteiger partial charge on any atom is -0.450 e. The summed E-state index contributed by atoms with van der Waals surface area (Å²) in [5.74, 6) is 0.130. The molecule has 0 spiro atoms. The lowest BCUT2D eigenvalue weighted by Gasteiger charge is -2.31. The molecule has 0 atom stereocenters. The lowest BCUT2D eigenvalue weighted by Crippen LogP contribution is -2.46. The van der Waals surface area contributed by atoms with Gasteiger partial charge in [-0.3, -0.25) is 4.79 Å². The van der Waals surface area contributed by atoms with Crippen molar-refractivity contribution in [2.45, 2.75) is 39.2 Å². The van der Waals surface area contributed by atoms with Gasteiger partial charge in [0.2, 0.25) is 5.95 Å². The second kappa shape index (κ2) is 9.86. The molecule has 2 N–H and O–H groups in total. The zero-order valence-electron chi connectivity index (χ0n) is 16.9. The zero-order chi connectivity index (χ0) is 20.6. The predicted octanol–water partition coefficient (Wildman–Crippen LogP) is 3.13. The van der Waals surface area contributed by atoms with Gasteiger partial charge in [-0.2, -0.15) is 0 Å². The van der Waals surface area contributed by atoms with Crippen molar-refractivity contribution in [3.05, 3.63) is 47.8 Å². The molecular weight excluding hydrogens is 370 g/mol. The highest BCUT2D eigenvalue weighted by Gasteiger charge is 2.25. The van der Waals surface area contributed by atoms with Gasteiger partial charge in [0.15, 0.2) is 0 Å². The summed E-state index contributed by atoms with van der Waals surface area (Å²) in [7, 11) is 0. The minimum atomic E-state index is -0.296. The second-order valence-corrected chi connectivity index (χ2v) is 6.87. The largest absolute Gasteiger partial charge is 0.450 e. The van der Waals surface area contributed by atoms with Gasteiger partial charge < -0.3 is 20.3 Å². The lowest BCUT2D eigenvalue weighted by atomic mass is 10.1. The van der Waals surface area contributed by atoms with Crippen molar-refractivity contribution in [2.24, 2.45) is 0 Å². The van der Waals surface area contributed by atoms with E-state index in [1.807, 2.05) is 24.3 Å². The monoisotopic (exact) mass is 397 g/mol. The van der Waals surface area contributed by atoms with Crippen LogP contribution in [0.15, 0.2) is 36.5 Å². The number of anilines is 2. The zero-order valence-corrected chi connectivity index (χ0v) is 16.9. The fourth-order valence-corrected chi connectivity index (χ4v) is 3.18. The SMILES string of the molecule is CCOC(=O)N1CCC(NC(=O)c2ccnc(Nc3ccc(CC)cc3)n2)CC1. The van der Waals surface area contributed by atoms with Gasteiger partial charge in [-0.15, -0.1) is 0 Å². The number of hydrogen-bond donors (Lipinski definition) is 2. The lowest BCUT2D eigenvalue weighted by molar-refractivity contribution is 0.0856. The molecule has 1 aliphatic rings. The normalized spacial score (nSPS) is 14.3. The maximum absolute atomic E-state index is 12.6. The molecule has 1 saturated heterocycles. The Morgan fingerprint density at radius 3 is 2.52 bits per heavy atom. The maximum Gasteiger partial charge on any atom is 0.409 e. The molecule has 1 aromatic heterocycles. The third-order valence-corrected chi connectivity index (χ3v) is 4.86. The van der Waals surface area contributed by atoms with Crippen LogP contribution in [0.5, 0.6) is 0 Å². The summed E-state index contributed by atoms with van der Waals surface area (Å²) in [4.78, 5) is 34.5. The van der Waals surface area contributed by atoms with Crippen LogP contribution in [0.2, 0.25) is 0 Å². The van der Waals surface area contributed by atoms with Crippen molar-refractivity contribution in [2.75, 3.05) is 25.0 Å². The topological polar surface area (TPSA) is 96.5 Å². The second-order valence-electron chi connectivity index (χ2n) is 6.87. The molecule has 1 fully saturated rings. The van der Waals surface area contributed by atoms with Crippen LogP contribution in [-0.4, -0.2) is 52.6 Å². The summed E-state index contributed by atoms with van der Waals surface area (Å²) in [6, 6.07) is 9.61. The van der Waals surface area contributed by atoms with Crippen LogP contribution in [0.3, 0.4) is 0 Å². The van der Waals surface area contributed by atoms with E-state index in [0.29, 0.717) is 44.2 Å². The molecule has 0 bridgehead atoms. The van der Waals surface area contributed by atoms with Gasteiger partial charge in [-0.1, -0.05) is 19.1 Å². The number of aryl methyl sites for hydroxylation is 1. The number of nitrogens with one attached hydrogen (secondary N) is 2. The third-order valence-electron chi connectivity index (χ3n) is 4.86. The summed E-state index contributed by atoms with van der Waals surface area (Å²) in [5.41, 5.74) is 2.42. The van der Waals surface area contributed by atoms with Gasteiger partial charge >= 0.3 is 6.09 Å². The van der Waals surface area contributed by atoms with Crippen LogP contribution in [0.1, 0.15) is 42.7 Å². The van der Waals surface area contributed by atoms with Crippen LogP contribution in [-0.2, 0) is 11.2 Å². The number of hydrogen-bond acceptors (Lipinski definition) is 6. The molecule has 2 amide bonds. The standard InChI is InChI=1S/C21H27N5O3/c1-3-15-5-7-16(8-6-15)24-20-22-12-9-18(25-20)19(27)23-17-10-13-26(14-11-17)21(28)29-4-2/h5-9,12,17H,3-4,10-11,13-14H2,1-2H3,(H,23,27)(H,22,24,25). The summed E-state index contributed by atoms with van der Waals surface area (Å²) < 4.78 is 5.02. The van der Waals surface area contributed by atoms with Crippen LogP contribution in [0, 0.1) is 0 Å². The molecule has 29 heavy (non-hydrogen) atoms. The molecular formula is C21H27N5O3. The molecule has 1 aliphatic heterocycles. The molecule has 0 saturated carbocycles. The highest BCUT2D eigenvalue weighted by atomic mass is 16.6. The first-order valence-corrected chi connectivity index (χ1v) is 10.0. The van der Waals surface area contributed by atoms with E-state index in [0.717, 1.165) is 12.1 Å². The first kappa shape index (κ1) is 20.6. The van der Waals surface area contributed by atoms with Crippen LogP contribution < -0.4 is 10.6 Å². The Morgan fingerprint density at radius 2 is 1.86 bits per heavy atom. The molecule has 154 valence electrons. The average molecular weight is 397 g/mol. The molecule has 3 rings (SSSR count). The quantitative estimate of drug-likeness (QED) is 0.777. The van der Waals surface area contributed by atoms with Crippen LogP contribution in [0.4, 0.5) is 16.4 Å². The molecule has 0 unspecified atom stereocenters. The number of amides is 2. The number of aromatic nitrogens is 2. The Hall–Kier alpha value is -3.16.